The normalized spacial score (nSPS) is 22.6. The number of oxazole rings is 1. The van der Waals surface area contributed by atoms with Crippen LogP contribution >= 0.6 is 0 Å². The fourth-order valence-electron chi connectivity index (χ4n) is 4.54. The van der Waals surface area contributed by atoms with Crippen LogP contribution in [0.15, 0.2) is 41.3 Å². The third kappa shape index (κ3) is 2.62. The predicted molar refractivity (Wildman–Crippen MR) is 102 cm³/mol. The van der Waals surface area contributed by atoms with E-state index in [-0.39, 0.29) is 35.2 Å². The monoisotopic (exact) mass is 394 g/mol. The van der Waals surface area contributed by atoms with Crippen molar-refractivity contribution < 1.29 is 18.4 Å². The lowest BCUT2D eigenvalue weighted by molar-refractivity contribution is 0.0728. The largest absolute Gasteiger partial charge is 0.447 e. The van der Waals surface area contributed by atoms with Gasteiger partial charge in [-0.2, -0.15) is 0 Å². The average Bonchev–Trinajstić information content (AvgIpc) is 3.42. The molecule has 1 aliphatic carbocycles. The number of benzene rings is 1. The quantitative estimate of drug-likeness (QED) is 0.682. The van der Waals surface area contributed by atoms with Crippen molar-refractivity contribution in [1.29, 1.82) is 0 Å². The van der Waals surface area contributed by atoms with Crippen LogP contribution in [0, 0.1) is 11.7 Å². The highest BCUT2D eigenvalue weighted by molar-refractivity contribution is 5.99. The van der Waals surface area contributed by atoms with Gasteiger partial charge in [0.15, 0.2) is 12.1 Å². The molecule has 3 unspecified atom stereocenters. The zero-order valence-electron chi connectivity index (χ0n) is 16.0. The van der Waals surface area contributed by atoms with Crippen molar-refractivity contribution in [2.45, 2.75) is 18.4 Å². The maximum absolute atomic E-state index is 14.4. The summed E-state index contributed by atoms with van der Waals surface area (Å²) in [5.74, 6) is -0.269. The Labute approximate surface area is 166 Å². The summed E-state index contributed by atoms with van der Waals surface area (Å²) in [6.07, 6.45) is 3.64. The van der Waals surface area contributed by atoms with Crippen LogP contribution in [-0.2, 0) is 0 Å². The third-order valence-electron chi connectivity index (χ3n) is 5.97. The van der Waals surface area contributed by atoms with E-state index in [0.29, 0.717) is 28.9 Å². The molecule has 3 atom stereocenters. The van der Waals surface area contributed by atoms with E-state index in [4.69, 9.17) is 4.42 Å². The van der Waals surface area contributed by atoms with Gasteiger partial charge in [0.1, 0.15) is 17.1 Å². The van der Waals surface area contributed by atoms with Crippen molar-refractivity contribution in [3.05, 3.63) is 59.7 Å². The molecule has 29 heavy (non-hydrogen) atoms. The highest BCUT2D eigenvalue weighted by Crippen LogP contribution is 2.53. The Balaban J connectivity index is 1.44. The minimum atomic E-state index is -0.511. The maximum atomic E-state index is 14.4. The summed E-state index contributed by atoms with van der Waals surface area (Å²) in [6.45, 7) is 0.553. The van der Waals surface area contributed by atoms with E-state index in [1.165, 1.54) is 23.6 Å². The standard InChI is InChI=1S/C21H19FN4O3/c1-25(2)21(28)18-19(29-10-24-18)16-13-8-15(16)26(9-13)20(27)12-6-11-4-3-5-23-17(11)14(22)7-12/h3-7,10,13,15-16H,8-9H2,1-2H3. The molecule has 3 aromatic rings. The van der Waals surface area contributed by atoms with Gasteiger partial charge >= 0.3 is 0 Å². The third-order valence-corrected chi connectivity index (χ3v) is 5.97. The predicted octanol–water partition coefficient (Wildman–Crippen LogP) is 2.69. The molecule has 4 heterocycles. The molecule has 0 spiro atoms. The highest BCUT2D eigenvalue weighted by Gasteiger charge is 2.56. The van der Waals surface area contributed by atoms with Gasteiger partial charge in [-0.3, -0.25) is 14.6 Å². The Bertz CT molecular complexity index is 1140. The first kappa shape index (κ1) is 17.8. The van der Waals surface area contributed by atoms with Gasteiger partial charge in [-0.1, -0.05) is 6.07 Å². The number of aromatic nitrogens is 2. The molecule has 0 radical (unpaired) electrons. The smallest absolute Gasteiger partial charge is 0.275 e. The summed E-state index contributed by atoms with van der Waals surface area (Å²) < 4.78 is 20.0. The van der Waals surface area contributed by atoms with E-state index in [0.717, 1.165) is 6.42 Å². The number of nitrogens with zero attached hydrogens (tertiary/aromatic N) is 4. The number of hydrogen-bond acceptors (Lipinski definition) is 5. The van der Waals surface area contributed by atoms with Crippen LogP contribution in [0.3, 0.4) is 0 Å². The number of rotatable bonds is 3. The number of carbonyl (C=O) groups is 2. The summed E-state index contributed by atoms with van der Waals surface area (Å²) in [5, 5.41) is 0.591. The van der Waals surface area contributed by atoms with Gasteiger partial charge in [0.05, 0.1) is 0 Å². The lowest BCUT2D eigenvalue weighted by Gasteiger charge is -2.35. The van der Waals surface area contributed by atoms with Crippen molar-refractivity contribution in [3.8, 4) is 0 Å². The van der Waals surface area contributed by atoms with E-state index < -0.39 is 5.82 Å². The van der Waals surface area contributed by atoms with E-state index >= 15 is 0 Å². The van der Waals surface area contributed by atoms with Crippen LogP contribution in [0.2, 0.25) is 0 Å². The van der Waals surface area contributed by atoms with Crippen LogP contribution in [0.5, 0.6) is 0 Å². The molecule has 8 heteroatoms. The molecule has 2 aliphatic heterocycles. The molecule has 1 saturated carbocycles. The van der Waals surface area contributed by atoms with Crippen LogP contribution in [0.4, 0.5) is 4.39 Å². The number of pyridine rings is 1. The highest BCUT2D eigenvalue weighted by atomic mass is 19.1. The Hall–Kier alpha value is -3.29. The zero-order valence-corrected chi connectivity index (χ0v) is 16.0. The van der Waals surface area contributed by atoms with Crippen LogP contribution < -0.4 is 0 Å². The Kier molecular flexibility index (Phi) is 3.90. The van der Waals surface area contributed by atoms with Crippen molar-refractivity contribution in [2.75, 3.05) is 20.6 Å². The minimum absolute atomic E-state index is 0.0627. The van der Waals surface area contributed by atoms with Crippen LogP contribution in [0.25, 0.3) is 10.9 Å². The Morgan fingerprint density at radius 2 is 2.10 bits per heavy atom. The van der Waals surface area contributed by atoms with E-state index in [1.54, 1.807) is 37.2 Å². The second kappa shape index (κ2) is 6.37. The number of carbonyl (C=O) groups excluding carboxylic acids is 2. The van der Waals surface area contributed by atoms with Gasteiger partial charge in [0.2, 0.25) is 0 Å². The Morgan fingerprint density at radius 1 is 1.28 bits per heavy atom. The van der Waals surface area contributed by atoms with E-state index in [9.17, 15) is 14.0 Å². The average molecular weight is 394 g/mol. The lowest BCUT2D eigenvalue weighted by Crippen LogP contribution is -2.40. The fourth-order valence-corrected chi connectivity index (χ4v) is 4.54. The van der Waals surface area contributed by atoms with Crippen LogP contribution in [-0.4, -0.2) is 58.3 Å². The second-order valence-electron chi connectivity index (χ2n) is 7.84. The molecule has 0 N–H and O–H groups in total. The molecule has 2 amide bonds. The van der Waals surface area contributed by atoms with Gasteiger partial charge in [0.25, 0.3) is 11.8 Å². The van der Waals surface area contributed by atoms with E-state index in [1.807, 2.05) is 0 Å². The summed E-state index contributed by atoms with van der Waals surface area (Å²) in [4.78, 5) is 36.9. The molecular weight excluding hydrogens is 375 g/mol. The number of hydrogen-bond donors (Lipinski definition) is 0. The van der Waals surface area contributed by atoms with Gasteiger partial charge in [-0.05, 0) is 30.5 Å². The molecule has 7 nitrogen and oxygen atoms in total. The molecule has 6 rings (SSSR count). The SMILES string of the molecule is CN(C)C(=O)c1ncoc1C1C2CC1N(C(=O)c1cc(F)c3ncccc3c1)C2. The second-order valence-corrected chi connectivity index (χ2v) is 7.84. The Morgan fingerprint density at radius 3 is 2.90 bits per heavy atom. The summed E-state index contributed by atoms with van der Waals surface area (Å²) in [7, 11) is 3.32. The number of halogens is 1. The molecule has 1 aromatic carbocycles. The molecule has 3 fully saturated rings. The van der Waals surface area contributed by atoms with Gasteiger partial charge < -0.3 is 14.2 Å². The van der Waals surface area contributed by atoms with Crippen LogP contribution in [0.1, 0.15) is 38.9 Å². The van der Waals surface area contributed by atoms with Gasteiger partial charge in [0, 0.05) is 49.7 Å². The zero-order chi connectivity index (χ0) is 20.3. The topological polar surface area (TPSA) is 79.5 Å². The summed E-state index contributed by atoms with van der Waals surface area (Å²) in [6, 6.07) is 6.29. The van der Waals surface area contributed by atoms with Crippen molar-refractivity contribution in [2.24, 2.45) is 5.92 Å². The summed E-state index contributed by atoms with van der Waals surface area (Å²) in [5.41, 5.74) is 0.851. The van der Waals surface area contributed by atoms with Crippen molar-refractivity contribution >= 4 is 22.7 Å². The number of fused-ring (bicyclic) bond motifs is 2. The molecule has 3 aliphatic rings. The maximum Gasteiger partial charge on any atom is 0.275 e. The molecule has 148 valence electrons. The molecular formula is C21H19FN4O3. The minimum Gasteiger partial charge on any atom is -0.447 e. The van der Waals surface area contributed by atoms with Crippen molar-refractivity contribution in [3.63, 3.8) is 0 Å². The van der Waals surface area contributed by atoms with Gasteiger partial charge in [-0.25, -0.2) is 9.37 Å². The molecule has 2 saturated heterocycles. The first-order chi connectivity index (χ1) is 14.0. The molecule has 2 bridgehead atoms. The van der Waals surface area contributed by atoms with E-state index in [2.05, 4.69) is 9.97 Å². The first-order valence-electron chi connectivity index (χ1n) is 9.46. The molecule has 2 aromatic heterocycles. The first-order valence-corrected chi connectivity index (χ1v) is 9.46. The van der Waals surface area contributed by atoms with Gasteiger partial charge in [-0.15, -0.1) is 0 Å². The fraction of sp³-hybridized carbons (Fsp3) is 0.333. The summed E-state index contributed by atoms with van der Waals surface area (Å²) >= 11 is 0. The number of amides is 2. The van der Waals surface area contributed by atoms with Crippen molar-refractivity contribution in [1.82, 2.24) is 19.8 Å². The lowest BCUT2D eigenvalue weighted by atomic mass is 9.72.